The molecule has 0 unspecified atom stereocenters. The van der Waals surface area contributed by atoms with Crippen LogP contribution in [-0.2, 0) is 9.53 Å². The molecule has 1 rings (SSSR count). The summed E-state index contributed by atoms with van der Waals surface area (Å²) in [5, 5.41) is 12.9. The van der Waals surface area contributed by atoms with Crippen molar-refractivity contribution in [3.05, 3.63) is 0 Å². The predicted octanol–water partition coefficient (Wildman–Crippen LogP) is -0.732. The maximum absolute atomic E-state index is 10.4. The Labute approximate surface area is 51.3 Å². The highest BCUT2D eigenvalue weighted by Gasteiger charge is 2.13. The highest BCUT2D eigenvalue weighted by atomic mass is 16.5. The molecule has 0 atom stereocenters. The molecule has 5 nitrogen and oxygen atoms in total. The van der Waals surface area contributed by atoms with Crippen LogP contribution in [0.3, 0.4) is 0 Å². The number of rotatable bonds is 0. The minimum absolute atomic E-state index is 0.119. The number of nitrogens with one attached hydrogen (secondary N) is 1. The zero-order valence-corrected chi connectivity index (χ0v) is 4.63. The fraction of sp³-hybridized carbons (Fsp3) is 0.500. The molecule has 1 heterocycles. The Morgan fingerprint density at radius 2 is 2.56 bits per heavy atom. The molecular weight excluding hydrogens is 124 g/mol. The van der Waals surface area contributed by atoms with Gasteiger partial charge in [-0.25, -0.2) is 0 Å². The van der Waals surface area contributed by atoms with Gasteiger partial charge in [-0.15, -0.1) is 0 Å². The minimum Gasteiger partial charge on any atom is -0.462 e. The average molecular weight is 130 g/mol. The zero-order chi connectivity index (χ0) is 6.69. The molecule has 0 aromatic carbocycles. The van der Waals surface area contributed by atoms with Crippen molar-refractivity contribution in [2.24, 2.45) is 5.16 Å². The van der Waals surface area contributed by atoms with Crippen LogP contribution in [0.4, 0.5) is 0 Å². The summed E-state index contributed by atoms with van der Waals surface area (Å²) in [6.45, 7) is 0.283. The molecule has 1 amide bonds. The van der Waals surface area contributed by atoms with Crippen molar-refractivity contribution in [2.75, 3.05) is 6.61 Å². The molecule has 9 heavy (non-hydrogen) atoms. The van der Waals surface area contributed by atoms with E-state index in [4.69, 9.17) is 5.21 Å². The van der Waals surface area contributed by atoms with E-state index >= 15 is 0 Å². The molecule has 0 spiro atoms. The standard InChI is InChI=1S/C4H6N2O3/c7-3-1-2-9-4(5-3)6-8/h8H,1-2H2,(H,5,6,7). The van der Waals surface area contributed by atoms with Gasteiger partial charge in [0.1, 0.15) is 6.61 Å². The summed E-state index contributed by atoms with van der Waals surface area (Å²) in [5.74, 6) is -0.186. The second kappa shape index (κ2) is 2.34. The Bertz CT molecular complexity index is 154. The van der Waals surface area contributed by atoms with E-state index in [-0.39, 0.29) is 18.5 Å². The maximum atomic E-state index is 10.4. The number of nitrogens with zero attached hydrogens (tertiary/aromatic N) is 1. The van der Waals surface area contributed by atoms with Crippen molar-refractivity contribution in [1.29, 1.82) is 0 Å². The third kappa shape index (κ3) is 1.31. The lowest BCUT2D eigenvalue weighted by Crippen LogP contribution is -2.38. The highest BCUT2D eigenvalue weighted by Crippen LogP contribution is 1.91. The van der Waals surface area contributed by atoms with Gasteiger partial charge in [0.15, 0.2) is 0 Å². The van der Waals surface area contributed by atoms with Gasteiger partial charge in [-0.3, -0.25) is 10.1 Å². The number of amidine groups is 1. The molecule has 0 bridgehead atoms. The van der Waals surface area contributed by atoms with E-state index in [9.17, 15) is 4.79 Å². The Hall–Kier alpha value is -1.26. The van der Waals surface area contributed by atoms with Crippen molar-refractivity contribution >= 4 is 11.9 Å². The van der Waals surface area contributed by atoms with E-state index in [1.165, 1.54) is 0 Å². The van der Waals surface area contributed by atoms with Crippen molar-refractivity contribution < 1.29 is 14.7 Å². The number of carbonyl (C=O) groups is 1. The van der Waals surface area contributed by atoms with E-state index in [2.05, 4.69) is 15.2 Å². The maximum Gasteiger partial charge on any atom is 0.330 e. The van der Waals surface area contributed by atoms with Gasteiger partial charge in [0.2, 0.25) is 5.91 Å². The molecular formula is C4H6N2O3. The number of oxime groups is 1. The molecule has 0 radical (unpaired) electrons. The SMILES string of the molecule is O=C1CCOC(=NO)N1. The van der Waals surface area contributed by atoms with Crippen LogP contribution in [0.1, 0.15) is 6.42 Å². The van der Waals surface area contributed by atoms with Crippen molar-refractivity contribution in [1.82, 2.24) is 5.32 Å². The normalized spacial score (nSPS) is 23.1. The van der Waals surface area contributed by atoms with Crippen LogP contribution >= 0.6 is 0 Å². The molecule has 5 heteroatoms. The molecule has 1 fully saturated rings. The van der Waals surface area contributed by atoms with Crippen LogP contribution in [0.25, 0.3) is 0 Å². The second-order valence-electron chi connectivity index (χ2n) is 1.55. The number of amides is 1. The first-order valence-electron chi connectivity index (χ1n) is 2.47. The summed E-state index contributed by atoms with van der Waals surface area (Å²) in [5.41, 5.74) is 0. The van der Waals surface area contributed by atoms with Gasteiger partial charge in [0.25, 0.3) is 0 Å². The lowest BCUT2D eigenvalue weighted by Gasteiger charge is -2.12. The molecule has 0 saturated carbocycles. The van der Waals surface area contributed by atoms with Crippen molar-refractivity contribution in [3.8, 4) is 0 Å². The largest absolute Gasteiger partial charge is 0.462 e. The van der Waals surface area contributed by atoms with Gasteiger partial charge >= 0.3 is 6.02 Å². The van der Waals surface area contributed by atoms with E-state index in [0.717, 1.165) is 0 Å². The Morgan fingerprint density at radius 3 is 3.00 bits per heavy atom. The quantitative estimate of drug-likeness (QED) is 0.335. The molecule has 1 aliphatic rings. The molecule has 1 aliphatic heterocycles. The van der Waals surface area contributed by atoms with E-state index in [1.807, 2.05) is 0 Å². The fourth-order valence-electron chi connectivity index (χ4n) is 0.512. The van der Waals surface area contributed by atoms with Gasteiger partial charge in [-0.05, 0) is 5.16 Å². The van der Waals surface area contributed by atoms with Crippen LogP contribution in [0.5, 0.6) is 0 Å². The lowest BCUT2D eigenvalue weighted by molar-refractivity contribution is -0.122. The third-order valence-electron chi connectivity index (χ3n) is 0.905. The summed E-state index contributed by atoms with van der Waals surface area (Å²) in [7, 11) is 0. The number of hydrogen-bond donors (Lipinski definition) is 2. The van der Waals surface area contributed by atoms with Crippen molar-refractivity contribution in [2.45, 2.75) is 6.42 Å². The van der Waals surface area contributed by atoms with E-state index in [1.54, 1.807) is 0 Å². The van der Waals surface area contributed by atoms with Crippen LogP contribution in [0, 0.1) is 0 Å². The van der Waals surface area contributed by atoms with Gasteiger partial charge in [0.05, 0.1) is 6.42 Å². The molecule has 1 saturated heterocycles. The molecule has 0 aromatic heterocycles. The molecule has 2 N–H and O–H groups in total. The van der Waals surface area contributed by atoms with E-state index in [0.29, 0.717) is 6.42 Å². The van der Waals surface area contributed by atoms with Crippen LogP contribution < -0.4 is 5.32 Å². The average Bonchev–Trinajstić information content (AvgIpc) is 1.88. The second-order valence-corrected chi connectivity index (χ2v) is 1.55. The summed E-state index contributed by atoms with van der Waals surface area (Å²) < 4.78 is 4.67. The van der Waals surface area contributed by atoms with Gasteiger partial charge in [-0.1, -0.05) is 0 Å². The smallest absolute Gasteiger partial charge is 0.330 e. The summed E-state index contributed by atoms with van der Waals surface area (Å²) in [4.78, 5) is 10.4. The topological polar surface area (TPSA) is 70.9 Å². The fourth-order valence-corrected chi connectivity index (χ4v) is 0.512. The van der Waals surface area contributed by atoms with E-state index < -0.39 is 0 Å². The van der Waals surface area contributed by atoms with Gasteiger partial charge < -0.3 is 9.94 Å². The summed E-state index contributed by atoms with van der Waals surface area (Å²) in [6, 6.07) is -0.119. The Morgan fingerprint density at radius 1 is 1.78 bits per heavy atom. The van der Waals surface area contributed by atoms with Crippen LogP contribution in [0.15, 0.2) is 5.16 Å². The van der Waals surface area contributed by atoms with Crippen LogP contribution in [0.2, 0.25) is 0 Å². The predicted molar refractivity (Wildman–Crippen MR) is 27.9 cm³/mol. The van der Waals surface area contributed by atoms with Gasteiger partial charge in [-0.2, -0.15) is 0 Å². The number of carbonyl (C=O) groups excluding carboxylic acids is 1. The highest BCUT2D eigenvalue weighted by molar-refractivity contribution is 5.95. The monoisotopic (exact) mass is 130 g/mol. The first-order chi connectivity index (χ1) is 4.33. The Balaban J connectivity index is 2.51. The third-order valence-corrected chi connectivity index (χ3v) is 0.905. The Kier molecular flexibility index (Phi) is 1.53. The molecule has 0 aliphatic carbocycles. The summed E-state index contributed by atoms with van der Waals surface area (Å²) in [6.07, 6.45) is 0.318. The van der Waals surface area contributed by atoms with Crippen LogP contribution in [-0.4, -0.2) is 23.7 Å². The molecule has 0 aromatic rings. The molecule has 50 valence electrons. The zero-order valence-electron chi connectivity index (χ0n) is 4.63. The van der Waals surface area contributed by atoms with Crippen molar-refractivity contribution in [3.63, 3.8) is 0 Å². The summed E-state index contributed by atoms with van der Waals surface area (Å²) >= 11 is 0. The first kappa shape index (κ1) is 5.87. The minimum atomic E-state index is -0.186. The lowest BCUT2D eigenvalue weighted by atomic mass is 10.4. The number of hydrogen-bond acceptors (Lipinski definition) is 4. The number of ether oxygens (including phenoxy) is 1. The first-order valence-corrected chi connectivity index (χ1v) is 2.47. The van der Waals surface area contributed by atoms with Gasteiger partial charge in [0, 0.05) is 0 Å².